The van der Waals surface area contributed by atoms with Crippen LogP contribution in [0.1, 0.15) is 0 Å². The molecule has 2 aromatic carbocycles. The van der Waals surface area contributed by atoms with Gasteiger partial charge in [-0.3, -0.25) is 0 Å². The number of methoxy groups -OCH3 is 1. The summed E-state index contributed by atoms with van der Waals surface area (Å²) in [6, 6.07) is 11.7. The summed E-state index contributed by atoms with van der Waals surface area (Å²) in [4.78, 5) is 6.88. The highest BCUT2D eigenvalue weighted by atomic mass is 32.2. The zero-order valence-corrected chi connectivity index (χ0v) is 16.0. The van der Waals surface area contributed by atoms with E-state index in [-0.39, 0.29) is 18.1 Å². The van der Waals surface area contributed by atoms with E-state index in [2.05, 4.69) is 10.3 Å². The predicted molar refractivity (Wildman–Crippen MR) is 98.3 cm³/mol. The first kappa shape index (κ1) is 18.9. The number of benzene rings is 2. The van der Waals surface area contributed by atoms with Gasteiger partial charge in [0.25, 0.3) is 0 Å². The molecule has 0 fully saturated rings. The topological polar surface area (TPSA) is 95.8 Å². The highest BCUT2D eigenvalue weighted by Crippen LogP contribution is 2.19. The lowest BCUT2D eigenvalue weighted by atomic mass is 10.3. The highest BCUT2D eigenvalue weighted by Gasteiger charge is 2.19. The van der Waals surface area contributed by atoms with Crippen molar-refractivity contribution < 1.29 is 22.7 Å². The molecule has 0 amide bonds. The molecule has 3 rings (SSSR count). The van der Waals surface area contributed by atoms with Gasteiger partial charge in [-0.1, -0.05) is 4.85 Å². The molecule has 0 N–H and O–H groups in total. The van der Waals surface area contributed by atoms with Crippen LogP contribution < -0.4 is 14.3 Å². The highest BCUT2D eigenvalue weighted by molar-refractivity contribution is 7.89. The number of nitrogens with zero attached hydrogens (tertiary/aromatic N) is 4. The third kappa shape index (κ3) is 4.12. The van der Waals surface area contributed by atoms with E-state index >= 15 is 0 Å². The molecule has 9 nitrogen and oxygen atoms in total. The van der Waals surface area contributed by atoms with Crippen LogP contribution >= 0.6 is 0 Å². The third-order valence-corrected chi connectivity index (χ3v) is 5.60. The number of fused-ring (bicyclic) bond motifs is 1. The molecule has 0 aliphatic carbocycles. The molecule has 3 aromatic rings. The van der Waals surface area contributed by atoms with Crippen molar-refractivity contribution in [1.82, 2.24) is 19.5 Å². The van der Waals surface area contributed by atoms with E-state index in [1.54, 1.807) is 37.4 Å². The van der Waals surface area contributed by atoms with E-state index in [0.717, 1.165) is 10.1 Å². The van der Waals surface area contributed by atoms with E-state index in [1.807, 2.05) is 0 Å². The number of sulfonamides is 1. The standard InChI is InChI=1S/C17H20N4O5S/c1-20(2)27(22,23)15-8-9-16-17(12-15)21(19-18-16)26-11-10-25-14-6-4-13(24-3)5-7-14/h4-9,12H,10-11H2,1-3H3. The summed E-state index contributed by atoms with van der Waals surface area (Å²) in [6.45, 7) is 0.485. The summed E-state index contributed by atoms with van der Waals surface area (Å²) in [6.07, 6.45) is 0. The van der Waals surface area contributed by atoms with Crippen molar-refractivity contribution in [2.75, 3.05) is 34.4 Å². The summed E-state index contributed by atoms with van der Waals surface area (Å²) >= 11 is 0. The molecule has 144 valence electrons. The van der Waals surface area contributed by atoms with Crippen molar-refractivity contribution in [3.8, 4) is 11.5 Å². The number of aromatic nitrogens is 3. The Bertz CT molecular complexity index is 1020. The Morgan fingerprint density at radius 2 is 1.74 bits per heavy atom. The summed E-state index contributed by atoms with van der Waals surface area (Å²) in [5.41, 5.74) is 0.992. The van der Waals surface area contributed by atoms with Crippen LogP contribution in [0.3, 0.4) is 0 Å². The fourth-order valence-corrected chi connectivity index (χ4v) is 3.22. The first-order valence-electron chi connectivity index (χ1n) is 8.10. The van der Waals surface area contributed by atoms with Gasteiger partial charge in [-0.25, -0.2) is 12.7 Å². The number of hydrogen-bond acceptors (Lipinski definition) is 7. The maximum atomic E-state index is 12.3. The molecule has 0 aliphatic heterocycles. The second-order valence-corrected chi connectivity index (χ2v) is 7.91. The van der Waals surface area contributed by atoms with Crippen LogP contribution in [0.2, 0.25) is 0 Å². The zero-order chi connectivity index (χ0) is 19.4. The third-order valence-electron chi connectivity index (χ3n) is 3.79. The van der Waals surface area contributed by atoms with Gasteiger partial charge in [-0.2, -0.15) is 0 Å². The maximum Gasteiger partial charge on any atom is 0.242 e. The van der Waals surface area contributed by atoms with Gasteiger partial charge >= 0.3 is 0 Å². The first-order chi connectivity index (χ1) is 12.9. The van der Waals surface area contributed by atoms with Crippen molar-refractivity contribution in [3.63, 3.8) is 0 Å². The van der Waals surface area contributed by atoms with E-state index in [1.165, 1.54) is 31.1 Å². The van der Waals surface area contributed by atoms with Gasteiger partial charge in [0.15, 0.2) is 6.61 Å². The van der Waals surface area contributed by atoms with Crippen LogP contribution in [-0.2, 0) is 10.0 Å². The fraction of sp³-hybridized carbons (Fsp3) is 0.294. The molecule has 0 spiro atoms. The molecule has 0 aliphatic rings. The van der Waals surface area contributed by atoms with Crippen LogP contribution in [0.4, 0.5) is 0 Å². The quantitative estimate of drug-likeness (QED) is 0.532. The second-order valence-electron chi connectivity index (χ2n) is 5.76. The summed E-state index contributed by atoms with van der Waals surface area (Å²) in [5, 5.41) is 7.86. The molecule has 1 heterocycles. The molecule has 0 saturated carbocycles. The molecule has 27 heavy (non-hydrogen) atoms. The smallest absolute Gasteiger partial charge is 0.242 e. The lowest BCUT2D eigenvalue weighted by Gasteiger charge is -2.11. The van der Waals surface area contributed by atoms with Gasteiger partial charge in [-0.15, -0.1) is 5.10 Å². The molecule has 0 bridgehead atoms. The molecular weight excluding hydrogens is 372 g/mol. The number of ether oxygens (including phenoxy) is 2. The Balaban J connectivity index is 1.66. The normalized spacial score (nSPS) is 11.7. The number of rotatable bonds is 8. The molecule has 0 saturated heterocycles. The summed E-state index contributed by atoms with van der Waals surface area (Å²) < 4.78 is 36.4. The predicted octanol–water partition coefficient (Wildman–Crippen LogP) is 1.20. The summed E-state index contributed by atoms with van der Waals surface area (Å²) in [5.74, 6) is 1.43. The van der Waals surface area contributed by atoms with Crippen molar-refractivity contribution >= 4 is 21.1 Å². The van der Waals surface area contributed by atoms with E-state index < -0.39 is 10.0 Å². The van der Waals surface area contributed by atoms with E-state index in [0.29, 0.717) is 16.8 Å². The van der Waals surface area contributed by atoms with Gasteiger partial charge in [0.1, 0.15) is 29.1 Å². The lowest BCUT2D eigenvalue weighted by Crippen LogP contribution is -2.22. The molecule has 0 atom stereocenters. The van der Waals surface area contributed by atoms with E-state index in [9.17, 15) is 8.42 Å². The van der Waals surface area contributed by atoms with Gasteiger partial charge < -0.3 is 14.3 Å². The van der Waals surface area contributed by atoms with Gasteiger partial charge in [-0.05, 0) is 47.7 Å². The largest absolute Gasteiger partial charge is 0.497 e. The minimum absolute atomic E-state index is 0.140. The Hall–Kier alpha value is -2.85. The Kier molecular flexibility index (Phi) is 5.47. The first-order valence-corrected chi connectivity index (χ1v) is 9.54. The zero-order valence-electron chi connectivity index (χ0n) is 15.2. The number of hydrogen-bond donors (Lipinski definition) is 0. The van der Waals surface area contributed by atoms with Crippen molar-refractivity contribution in [2.24, 2.45) is 0 Å². The SMILES string of the molecule is COc1ccc(OCCOn2nnc3ccc(S(=O)(=O)N(C)C)cc32)cc1. The summed E-state index contributed by atoms with van der Waals surface area (Å²) in [7, 11) is 0.991. The van der Waals surface area contributed by atoms with Crippen molar-refractivity contribution in [3.05, 3.63) is 42.5 Å². The van der Waals surface area contributed by atoms with Crippen LogP contribution in [0.25, 0.3) is 11.0 Å². The molecule has 1 aromatic heterocycles. The Morgan fingerprint density at radius 3 is 2.41 bits per heavy atom. The monoisotopic (exact) mass is 392 g/mol. The maximum absolute atomic E-state index is 12.3. The van der Waals surface area contributed by atoms with Gasteiger partial charge in [0.2, 0.25) is 10.0 Å². The van der Waals surface area contributed by atoms with Crippen molar-refractivity contribution in [2.45, 2.75) is 4.90 Å². The minimum Gasteiger partial charge on any atom is -0.497 e. The van der Waals surface area contributed by atoms with Crippen LogP contribution in [0.5, 0.6) is 11.5 Å². The Morgan fingerprint density at radius 1 is 1.04 bits per heavy atom. The van der Waals surface area contributed by atoms with E-state index in [4.69, 9.17) is 14.3 Å². The second kappa shape index (κ2) is 7.80. The van der Waals surface area contributed by atoms with Crippen LogP contribution in [0, 0.1) is 0 Å². The minimum atomic E-state index is -3.56. The average molecular weight is 392 g/mol. The molecule has 0 unspecified atom stereocenters. The lowest BCUT2D eigenvalue weighted by molar-refractivity contribution is 0.0639. The van der Waals surface area contributed by atoms with Gasteiger partial charge in [0, 0.05) is 14.1 Å². The molecular formula is C17H20N4O5S. The molecule has 0 radical (unpaired) electrons. The average Bonchev–Trinajstić information content (AvgIpc) is 3.08. The Labute approximate surface area is 157 Å². The molecule has 10 heteroatoms. The van der Waals surface area contributed by atoms with Gasteiger partial charge in [0.05, 0.1) is 12.0 Å². The van der Waals surface area contributed by atoms with Crippen LogP contribution in [0.15, 0.2) is 47.4 Å². The fourth-order valence-electron chi connectivity index (χ4n) is 2.30. The van der Waals surface area contributed by atoms with Crippen molar-refractivity contribution in [1.29, 1.82) is 0 Å². The van der Waals surface area contributed by atoms with Crippen LogP contribution in [-0.4, -0.2) is 62.3 Å².